The van der Waals surface area contributed by atoms with E-state index in [9.17, 15) is 17.6 Å². The average molecular weight is 434 g/mol. The van der Waals surface area contributed by atoms with Crippen LogP contribution in [0.1, 0.15) is 25.3 Å². The van der Waals surface area contributed by atoms with Gasteiger partial charge in [-0.1, -0.05) is 30.3 Å². The monoisotopic (exact) mass is 433 g/mol. The molecule has 1 N–H and O–H groups in total. The zero-order chi connectivity index (χ0) is 21.7. The van der Waals surface area contributed by atoms with E-state index in [1.165, 1.54) is 42.4 Å². The molecule has 1 heterocycles. The first-order chi connectivity index (χ1) is 14.3. The van der Waals surface area contributed by atoms with Crippen molar-refractivity contribution in [3.8, 4) is 0 Å². The van der Waals surface area contributed by atoms with Crippen LogP contribution < -0.4 is 14.5 Å². The molecule has 0 aliphatic carbocycles. The summed E-state index contributed by atoms with van der Waals surface area (Å²) in [5, 5.41) is 2.79. The first-order valence-corrected chi connectivity index (χ1v) is 12.0. The van der Waals surface area contributed by atoms with Crippen LogP contribution in [0.2, 0.25) is 0 Å². The van der Waals surface area contributed by atoms with Gasteiger partial charge in [0, 0.05) is 25.3 Å². The number of hydrogen-bond acceptors (Lipinski definition) is 4. The molecular weight excluding hydrogens is 405 g/mol. The maximum Gasteiger partial charge on any atom is 0.243 e. The van der Waals surface area contributed by atoms with Gasteiger partial charge in [-0.2, -0.15) is 0 Å². The van der Waals surface area contributed by atoms with Gasteiger partial charge in [0.15, 0.2) is 0 Å². The minimum atomic E-state index is -3.84. The van der Waals surface area contributed by atoms with Crippen LogP contribution in [0, 0.1) is 5.82 Å². The Kier molecular flexibility index (Phi) is 6.97. The van der Waals surface area contributed by atoms with Crippen molar-refractivity contribution in [1.29, 1.82) is 0 Å². The Hall–Kier alpha value is -2.61. The summed E-state index contributed by atoms with van der Waals surface area (Å²) in [6, 6.07) is 12.8. The fourth-order valence-corrected chi connectivity index (χ4v) is 5.06. The van der Waals surface area contributed by atoms with Gasteiger partial charge in [-0.3, -0.25) is 9.10 Å². The molecule has 0 saturated heterocycles. The molecule has 1 amide bonds. The molecule has 0 fully saturated rings. The number of amides is 1. The number of fused-ring (bicyclic) bond motifs is 1. The van der Waals surface area contributed by atoms with Crippen LogP contribution in [-0.2, 0) is 21.2 Å². The van der Waals surface area contributed by atoms with Crippen molar-refractivity contribution < 1.29 is 17.6 Å². The van der Waals surface area contributed by atoms with Crippen molar-refractivity contribution in [2.75, 3.05) is 35.1 Å². The SMILES string of the molecule is CC(C(=O)NCCCN1CCCc2ccccc21)N(c1ccccc1F)S(C)(=O)=O. The lowest BCUT2D eigenvalue weighted by atomic mass is 10.0. The predicted molar refractivity (Wildman–Crippen MR) is 118 cm³/mol. The summed E-state index contributed by atoms with van der Waals surface area (Å²) in [4.78, 5) is 14.9. The number of nitrogens with zero attached hydrogens (tertiary/aromatic N) is 2. The lowest BCUT2D eigenvalue weighted by molar-refractivity contribution is -0.121. The molecule has 1 unspecified atom stereocenters. The largest absolute Gasteiger partial charge is 0.371 e. The fourth-order valence-electron chi connectivity index (χ4n) is 3.88. The van der Waals surface area contributed by atoms with Gasteiger partial charge < -0.3 is 10.2 Å². The van der Waals surface area contributed by atoms with Gasteiger partial charge >= 0.3 is 0 Å². The Bertz CT molecular complexity index is 997. The Morgan fingerprint density at radius 3 is 2.63 bits per heavy atom. The lowest BCUT2D eigenvalue weighted by Gasteiger charge is -2.31. The number of carbonyl (C=O) groups is 1. The fraction of sp³-hybridized carbons (Fsp3) is 0.409. The minimum Gasteiger partial charge on any atom is -0.371 e. The second-order valence-electron chi connectivity index (χ2n) is 7.55. The van der Waals surface area contributed by atoms with Gasteiger partial charge in [0.1, 0.15) is 11.9 Å². The van der Waals surface area contributed by atoms with E-state index in [0.717, 1.165) is 42.9 Å². The molecule has 0 radical (unpaired) electrons. The summed E-state index contributed by atoms with van der Waals surface area (Å²) < 4.78 is 39.5. The van der Waals surface area contributed by atoms with E-state index in [0.29, 0.717) is 6.54 Å². The summed E-state index contributed by atoms with van der Waals surface area (Å²) in [5.74, 6) is -1.14. The summed E-state index contributed by atoms with van der Waals surface area (Å²) >= 11 is 0. The summed E-state index contributed by atoms with van der Waals surface area (Å²) in [7, 11) is -3.84. The maximum absolute atomic E-state index is 14.2. The van der Waals surface area contributed by atoms with Crippen molar-refractivity contribution in [2.45, 2.75) is 32.2 Å². The van der Waals surface area contributed by atoms with Crippen molar-refractivity contribution >= 4 is 27.3 Å². The standard InChI is InChI=1S/C22H28FN3O3S/c1-17(26(30(2,28)29)21-13-6-4-11-19(21)23)22(27)24-14-8-16-25-15-7-10-18-9-3-5-12-20(18)25/h3-6,9,11-13,17H,7-8,10,14-16H2,1-2H3,(H,24,27). The van der Waals surface area contributed by atoms with Gasteiger partial charge in [0.2, 0.25) is 15.9 Å². The van der Waals surface area contributed by atoms with Crippen LogP contribution >= 0.6 is 0 Å². The molecular formula is C22H28FN3O3S. The van der Waals surface area contributed by atoms with Gasteiger partial charge in [-0.25, -0.2) is 12.8 Å². The molecule has 1 aliphatic rings. The maximum atomic E-state index is 14.2. The van der Waals surface area contributed by atoms with Crippen LogP contribution in [0.15, 0.2) is 48.5 Å². The van der Waals surface area contributed by atoms with Crippen LogP contribution in [0.25, 0.3) is 0 Å². The molecule has 6 nitrogen and oxygen atoms in total. The molecule has 0 aromatic heterocycles. The van der Waals surface area contributed by atoms with E-state index >= 15 is 0 Å². The van der Waals surface area contributed by atoms with Crippen LogP contribution in [0.4, 0.5) is 15.8 Å². The molecule has 0 bridgehead atoms. The highest BCUT2D eigenvalue weighted by atomic mass is 32.2. The molecule has 2 aromatic carbocycles. The topological polar surface area (TPSA) is 69.7 Å². The Morgan fingerprint density at radius 2 is 1.90 bits per heavy atom. The third-order valence-electron chi connectivity index (χ3n) is 5.29. The lowest BCUT2D eigenvalue weighted by Crippen LogP contribution is -2.48. The van der Waals surface area contributed by atoms with Crippen LogP contribution in [0.3, 0.4) is 0 Å². The van der Waals surface area contributed by atoms with E-state index in [4.69, 9.17) is 0 Å². The van der Waals surface area contributed by atoms with Crippen LogP contribution in [0.5, 0.6) is 0 Å². The third-order valence-corrected chi connectivity index (χ3v) is 6.52. The second kappa shape index (κ2) is 9.47. The normalized spacial score (nSPS) is 14.7. The highest BCUT2D eigenvalue weighted by Crippen LogP contribution is 2.27. The molecule has 0 spiro atoms. The van der Waals surface area contributed by atoms with Gasteiger partial charge in [0.25, 0.3) is 0 Å². The number of rotatable bonds is 8. The number of halogens is 1. The number of aryl methyl sites for hydroxylation is 1. The third kappa shape index (κ3) is 5.11. The number of para-hydroxylation sites is 2. The first-order valence-electron chi connectivity index (χ1n) is 10.1. The number of nitrogens with one attached hydrogen (secondary N) is 1. The molecule has 2 aromatic rings. The molecule has 162 valence electrons. The molecule has 0 saturated carbocycles. The van der Waals surface area contributed by atoms with Crippen molar-refractivity contribution in [3.63, 3.8) is 0 Å². The Morgan fingerprint density at radius 1 is 1.20 bits per heavy atom. The number of hydrogen-bond donors (Lipinski definition) is 1. The number of anilines is 2. The zero-order valence-electron chi connectivity index (χ0n) is 17.3. The Balaban J connectivity index is 1.58. The van der Waals surface area contributed by atoms with Crippen molar-refractivity contribution in [1.82, 2.24) is 5.32 Å². The minimum absolute atomic E-state index is 0.132. The van der Waals surface area contributed by atoms with Crippen molar-refractivity contribution in [3.05, 3.63) is 59.9 Å². The summed E-state index contributed by atoms with van der Waals surface area (Å²) in [6.07, 6.45) is 3.88. The summed E-state index contributed by atoms with van der Waals surface area (Å²) in [6.45, 7) is 3.66. The highest BCUT2D eigenvalue weighted by molar-refractivity contribution is 7.92. The number of benzene rings is 2. The average Bonchev–Trinajstić information content (AvgIpc) is 2.71. The molecule has 30 heavy (non-hydrogen) atoms. The predicted octanol–water partition coefficient (Wildman–Crippen LogP) is 2.94. The first kappa shape index (κ1) is 22.1. The van der Waals surface area contributed by atoms with E-state index in [1.54, 1.807) is 0 Å². The van der Waals surface area contributed by atoms with E-state index in [1.807, 2.05) is 12.1 Å². The van der Waals surface area contributed by atoms with E-state index in [2.05, 4.69) is 22.3 Å². The highest BCUT2D eigenvalue weighted by Gasteiger charge is 2.30. The molecule has 1 aliphatic heterocycles. The summed E-state index contributed by atoms with van der Waals surface area (Å²) in [5.41, 5.74) is 2.45. The van der Waals surface area contributed by atoms with Gasteiger partial charge in [-0.05, 0) is 49.9 Å². The van der Waals surface area contributed by atoms with Gasteiger partial charge in [-0.15, -0.1) is 0 Å². The van der Waals surface area contributed by atoms with E-state index < -0.39 is 27.8 Å². The molecule has 1 atom stereocenters. The zero-order valence-corrected chi connectivity index (χ0v) is 18.2. The van der Waals surface area contributed by atoms with Crippen molar-refractivity contribution in [2.24, 2.45) is 0 Å². The quantitative estimate of drug-likeness (QED) is 0.650. The number of sulfonamides is 1. The van der Waals surface area contributed by atoms with Gasteiger partial charge in [0.05, 0.1) is 11.9 Å². The number of carbonyl (C=O) groups excluding carboxylic acids is 1. The second-order valence-corrected chi connectivity index (χ2v) is 9.41. The van der Waals surface area contributed by atoms with E-state index in [-0.39, 0.29) is 5.69 Å². The molecule has 8 heteroatoms. The van der Waals surface area contributed by atoms with Crippen LogP contribution in [-0.4, -0.2) is 46.3 Å². The molecule has 3 rings (SSSR count). The Labute approximate surface area is 177 Å². The smallest absolute Gasteiger partial charge is 0.243 e.